The summed E-state index contributed by atoms with van der Waals surface area (Å²) in [6.45, 7) is 3.36. The summed E-state index contributed by atoms with van der Waals surface area (Å²) in [4.78, 5) is 0. The molecule has 0 amide bonds. The molecule has 1 atom stereocenters. The molecule has 1 unspecified atom stereocenters. The highest BCUT2D eigenvalue weighted by Crippen LogP contribution is 2.40. The van der Waals surface area contributed by atoms with Gasteiger partial charge in [-0.3, -0.25) is 4.74 Å². The van der Waals surface area contributed by atoms with Gasteiger partial charge in [0.2, 0.25) is 6.33 Å². The molecule has 15 heteroatoms. The van der Waals surface area contributed by atoms with E-state index in [9.17, 15) is 48.1 Å². The van der Waals surface area contributed by atoms with Gasteiger partial charge < -0.3 is 4.55 Å². The zero-order valence-electron chi connectivity index (χ0n) is 13.9. The van der Waals surface area contributed by atoms with Crippen LogP contribution in [0.2, 0.25) is 0 Å². The predicted molar refractivity (Wildman–Crippen MR) is 72.1 cm³/mol. The Morgan fingerprint density at radius 2 is 1.70 bits per heavy atom. The summed E-state index contributed by atoms with van der Waals surface area (Å²) >= 11 is 0. The molecule has 1 heterocycles. The quantitative estimate of drug-likeness (QED) is 0.374. The van der Waals surface area contributed by atoms with E-state index in [0.717, 1.165) is 6.54 Å². The van der Waals surface area contributed by atoms with Crippen molar-refractivity contribution in [2.45, 2.75) is 50.2 Å². The molecule has 0 saturated carbocycles. The smallest absolute Gasteiger partial charge is 0.483 e. The van der Waals surface area contributed by atoms with E-state index in [1.165, 1.54) is 12.8 Å². The molecule has 0 bridgehead atoms. The Morgan fingerprint density at radius 1 is 1.19 bits per heavy atom. The van der Waals surface area contributed by atoms with Crippen LogP contribution < -0.4 is 4.57 Å². The zero-order chi connectivity index (χ0) is 21.7. The van der Waals surface area contributed by atoms with E-state index >= 15 is 0 Å². The third kappa shape index (κ3) is 7.57. The molecule has 0 spiro atoms. The van der Waals surface area contributed by atoms with Gasteiger partial charge in [0.15, 0.2) is 10.1 Å². The van der Waals surface area contributed by atoms with Crippen LogP contribution in [0, 0.1) is 0 Å². The highest BCUT2D eigenvalue weighted by atomic mass is 32.2. The van der Waals surface area contributed by atoms with Gasteiger partial charge in [-0.15, -0.1) is 0 Å². The van der Waals surface area contributed by atoms with Gasteiger partial charge in [-0.2, -0.15) is 30.7 Å². The predicted octanol–water partition coefficient (Wildman–Crippen LogP) is 2.70. The van der Waals surface area contributed by atoms with E-state index in [-0.39, 0.29) is 0 Å². The molecule has 0 radical (unpaired) electrons. The number of unbranched alkanes of at least 4 members (excludes halogenated alkanes) is 1. The topological polar surface area (TPSA) is 75.2 Å². The maximum Gasteiger partial charge on any atom is 0.483 e. The zero-order valence-corrected chi connectivity index (χ0v) is 14.7. The summed E-state index contributed by atoms with van der Waals surface area (Å²) in [5.74, 6) is 0. The summed E-state index contributed by atoms with van der Waals surface area (Å²) < 4.78 is 130. The Kier molecular flexibility index (Phi) is 8.64. The SMILES string of the molecule is CCCCn1cc[n+](C)c1.O=S(=O)([O-])C(F)(F)C(F)OC(F)(F)C(F)(F)F. The molecule has 1 rings (SSSR count). The van der Waals surface area contributed by atoms with E-state index < -0.39 is 34.0 Å². The fourth-order valence-electron chi connectivity index (χ4n) is 1.35. The van der Waals surface area contributed by atoms with Gasteiger partial charge in [0, 0.05) is 0 Å². The van der Waals surface area contributed by atoms with E-state index in [2.05, 4.69) is 34.8 Å². The average Bonchev–Trinajstić information content (AvgIpc) is 2.88. The fourth-order valence-corrected chi connectivity index (χ4v) is 1.63. The lowest BCUT2D eigenvalue weighted by Crippen LogP contribution is -2.48. The second kappa shape index (κ2) is 9.14. The maximum absolute atomic E-state index is 12.2. The van der Waals surface area contributed by atoms with Gasteiger partial charge in [0.25, 0.3) is 6.36 Å². The Balaban J connectivity index is 0.000000569. The molecular formula is C12H16F8N2O4S. The maximum atomic E-state index is 12.2. The largest absolute Gasteiger partial charge is 0.743 e. The van der Waals surface area contributed by atoms with Gasteiger partial charge in [-0.25, -0.2) is 21.9 Å². The van der Waals surface area contributed by atoms with Crippen molar-refractivity contribution in [1.82, 2.24) is 4.57 Å². The van der Waals surface area contributed by atoms with Crippen LogP contribution in [0.4, 0.5) is 35.1 Å². The molecule has 0 N–H and O–H groups in total. The summed E-state index contributed by atoms with van der Waals surface area (Å²) in [6.07, 6.45) is -9.08. The van der Waals surface area contributed by atoms with Crippen molar-refractivity contribution in [3.05, 3.63) is 18.7 Å². The van der Waals surface area contributed by atoms with E-state index in [1.807, 2.05) is 11.8 Å². The first-order chi connectivity index (χ1) is 12.0. The average molecular weight is 436 g/mol. The number of hydrogen-bond donors (Lipinski definition) is 0. The number of nitrogens with zero attached hydrogens (tertiary/aromatic N) is 2. The van der Waals surface area contributed by atoms with Crippen LogP contribution in [-0.2, 0) is 28.4 Å². The summed E-state index contributed by atoms with van der Waals surface area (Å²) in [6, 6.07) is 0. The van der Waals surface area contributed by atoms with Gasteiger partial charge in [0.1, 0.15) is 12.4 Å². The second-order valence-corrected chi connectivity index (χ2v) is 6.59. The number of alkyl halides is 8. The lowest BCUT2D eigenvalue weighted by atomic mass is 10.3. The van der Waals surface area contributed by atoms with Crippen molar-refractivity contribution >= 4 is 10.1 Å². The Hall–Kier alpha value is -1.48. The summed E-state index contributed by atoms with van der Waals surface area (Å²) in [5.41, 5.74) is 0. The van der Waals surface area contributed by atoms with Crippen molar-refractivity contribution in [2.24, 2.45) is 7.05 Å². The first-order valence-corrected chi connectivity index (χ1v) is 8.47. The van der Waals surface area contributed by atoms with Crippen LogP contribution in [0.3, 0.4) is 0 Å². The highest BCUT2D eigenvalue weighted by molar-refractivity contribution is 7.86. The van der Waals surface area contributed by atoms with Crippen molar-refractivity contribution < 1.29 is 57.4 Å². The molecule has 0 aliphatic heterocycles. The number of aryl methyl sites for hydroxylation is 2. The normalized spacial score (nSPS) is 14.5. The van der Waals surface area contributed by atoms with E-state index in [1.54, 1.807) is 0 Å². The minimum Gasteiger partial charge on any atom is -0.743 e. The number of imidazole rings is 1. The molecule has 1 aromatic rings. The van der Waals surface area contributed by atoms with E-state index in [4.69, 9.17) is 0 Å². The van der Waals surface area contributed by atoms with Crippen molar-refractivity contribution in [2.75, 3.05) is 0 Å². The lowest BCUT2D eigenvalue weighted by molar-refractivity contribution is -0.671. The van der Waals surface area contributed by atoms with Crippen LogP contribution in [0.15, 0.2) is 18.7 Å². The van der Waals surface area contributed by atoms with Crippen LogP contribution in [-0.4, -0.2) is 41.4 Å². The molecule has 0 aromatic carbocycles. The van der Waals surface area contributed by atoms with Crippen LogP contribution >= 0.6 is 0 Å². The molecule has 160 valence electrons. The number of halogens is 8. The van der Waals surface area contributed by atoms with Gasteiger partial charge in [-0.1, -0.05) is 13.3 Å². The van der Waals surface area contributed by atoms with Gasteiger partial charge in [0.05, 0.1) is 13.6 Å². The third-order valence-corrected chi connectivity index (χ3v) is 3.62. The van der Waals surface area contributed by atoms with Crippen LogP contribution in [0.1, 0.15) is 19.8 Å². The molecular weight excluding hydrogens is 420 g/mol. The molecule has 0 aliphatic rings. The van der Waals surface area contributed by atoms with Crippen LogP contribution in [0.5, 0.6) is 0 Å². The third-order valence-electron chi connectivity index (χ3n) is 2.77. The van der Waals surface area contributed by atoms with E-state index in [0.29, 0.717) is 0 Å². The molecule has 0 saturated heterocycles. The number of hydrogen-bond acceptors (Lipinski definition) is 4. The number of aromatic nitrogens is 2. The van der Waals surface area contributed by atoms with Crippen LogP contribution in [0.25, 0.3) is 0 Å². The molecule has 0 aliphatic carbocycles. The minimum absolute atomic E-state index is 1.15. The van der Waals surface area contributed by atoms with Gasteiger partial charge in [-0.05, 0) is 6.42 Å². The first kappa shape index (κ1) is 25.5. The molecule has 27 heavy (non-hydrogen) atoms. The van der Waals surface area contributed by atoms with Gasteiger partial charge >= 0.3 is 17.5 Å². The summed E-state index contributed by atoms with van der Waals surface area (Å²) in [7, 11) is -4.76. The summed E-state index contributed by atoms with van der Waals surface area (Å²) in [5, 5.41) is -6.08. The Labute approximate surface area is 149 Å². The van der Waals surface area contributed by atoms with Crippen molar-refractivity contribution in [1.29, 1.82) is 0 Å². The first-order valence-electron chi connectivity index (χ1n) is 7.06. The standard InChI is InChI=1S/C8H15N2.C4H2F8O4S/c1-3-4-5-10-7-6-9(2)8-10;5-1(2(6,7)17(13,14)15)16-4(11,12)3(8,9)10/h6-8H,3-5H2,1-2H3;1H,(H,13,14,15)/q+1;/p-1. The molecule has 1 aromatic heterocycles. The number of rotatable bonds is 7. The number of ether oxygens (including phenoxy) is 1. The lowest BCUT2D eigenvalue weighted by Gasteiger charge is -2.27. The Morgan fingerprint density at radius 3 is 2.04 bits per heavy atom. The fraction of sp³-hybridized carbons (Fsp3) is 0.750. The highest BCUT2D eigenvalue weighted by Gasteiger charge is 2.64. The monoisotopic (exact) mass is 436 g/mol. The molecule has 0 fully saturated rings. The van der Waals surface area contributed by atoms with Crippen molar-refractivity contribution in [3.63, 3.8) is 0 Å². The minimum atomic E-state index is -6.80. The van der Waals surface area contributed by atoms with Crippen molar-refractivity contribution in [3.8, 4) is 0 Å². The Bertz CT molecular complexity index is 690. The second-order valence-electron chi connectivity index (χ2n) is 5.13. The molecule has 6 nitrogen and oxygen atoms in total.